The number of aryl methyl sites for hydroxylation is 2. The first-order valence-corrected chi connectivity index (χ1v) is 10.1. The van der Waals surface area contributed by atoms with Crippen LogP contribution >= 0.6 is 11.8 Å². The van der Waals surface area contributed by atoms with Gasteiger partial charge >= 0.3 is 6.03 Å². The number of methoxy groups -OCH3 is 1. The number of hydrogen-bond donors (Lipinski definition) is 2. The van der Waals surface area contributed by atoms with Gasteiger partial charge < -0.3 is 15.4 Å². The third-order valence-electron chi connectivity index (χ3n) is 4.40. The van der Waals surface area contributed by atoms with Crippen molar-refractivity contribution in [3.05, 3.63) is 71.5 Å². The number of benzene rings is 2. The number of carbonyl (C=O) groups excluding carboxylic acids is 1. The zero-order valence-corrected chi connectivity index (χ0v) is 17.7. The molecule has 0 aliphatic rings. The SMILES string of the molecule is COc1ccc(C)cc1C(C)NC(=O)Nc1ccc(Sc2ncccn2)cc1C. The summed E-state index contributed by atoms with van der Waals surface area (Å²) < 4.78 is 5.42. The van der Waals surface area contributed by atoms with E-state index in [2.05, 4.69) is 20.6 Å². The smallest absolute Gasteiger partial charge is 0.319 e. The number of aromatic nitrogens is 2. The van der Waals surface area contributed by atoms with Crippen molar-refractivity contribution in [3.8, 4) is 5.75 Å². The Morgan fingerprint density at radius 3 is 2.55 bits per heavy atom. The van der Waals surface area contributed by atoms with E-state index in [0.717, 1.165) is 33.0 Å². The van der Waals surface area contributed by atoms with Crippen LogP contribution in [0.1, 0.15) is 29.7 Å². The van der Waals surface area contributed by atoms with Crippen LogP contribution in [-0.4, -0.2) is 23.1 Å². The van der Waals surface area contributed by atoms with E-state index in [1.165, 1.54) is 11.8 Å². The van der Waals surface area contributed by atoms with Crippen molar-refractivity contribution >= 4 is 23.5 Å². The molecule has 1 atom stereocenters. The van der Waals surface area contributed by atoms with E-state index in [4.69, 9.17) is 4.74 Å². The monoisotopic (exact) mass is 408 g/mol. The van der Waals surface area contributed by atoms with E-state index in [1.807, 2.05) is 57.2 Å². The molecule has 6 nitrogen and oxygen atoms in total. The lowest BCUT2D eigenvalue weighted by molar-refractivity contribution is 0.249. The van der Waals surface area contributed by atoms with Crippen LogP contribution in [0.3, 0.4) is 0 Å². The molecule has 1 aromatic heterocycles. The molecule has 2 amide bonds. The van der Waals surface area contributed by atoms with Crippen LogP contribution in [0.2, 0.25) is 0 Å². The number of urea groups is 1. The minimum atomic E-state index is -0.268. The fourth-order valence-electron chi connectivity index (χ4n) is 2.91. The lowest BCUT2D eigenvalue weighted by atomic mass is 10.0. The second-order valence-electron chi connectivity index (χ2n) is 6.68. The fourth-order valence-corrected chi connectivity index (χ4v) is 3.72. The van der Waals surface area contributed by atoms with Crippen molar-refractivity contribution in [2.24, 2.45) is 0 Å². The molecule has 0 aliphatic heterocycles. The van der Waals surface area contributed by atoms with Gasteiger partial charge in [-0.05, 0) is 68.4 Å². The van der Waals surface area contributed by atoms with E-state index in [9.17, 15) is 4.79 Å². The van der Waals surface area contributed by atoms with Crippen molar-refractivity contribution in [1.29, 1.82) is 0 Å². The number of rotatable bonds is 6. The van der Waals surface area contributed by atoms with E-state index >= 15 is 0 Å². The Kier molecular flexibility index (Phi) is 6.72. The normalized spacial score (nSPS) is 11.6. The van der Waals surface area contributed by atoms with Gasteiger partial charge in [0.05, 0.1) is 13.2 Å². The molecule has 0 bridgehead atoms. The number of carbonyl (C=O) groups is 1. The van der Waals surface area contributed by atoms with Gasteiger partial charge in [0.1, 0.15) is 5.75 Å². The standard InChI is InChI=1S/C22H24N4O2S/c1-14-6-9-20(28-4)18(12-14)16(3)25-21(27)26-19-8-7-17(13-15(19)2)29-22-23-10-5-11-24-22/h5-13,16H,1-4H3,(H2,25,26,27). The predicted molar refractivity (Wildman–Crippen MR) is 116 cm³/mol. The van der Waals surface area contributed by atoms with Crippen molar-refractivity contribution < 1.29 is 9.53 Å². The minimum absolute atomic E-state index is 0.199. The third-order valence-corrected chi connectivity index (χ3v) is 5.28. The summed E-state index contributed by atoms with van der Waals surface area (Å²) >= 11 is 1.48. The van der Waals surface area contributed by atoms with Gasteiger partial charge in [0, 0.05) is 28.5 Å². The summed E-state index contributed by atoms with van der Waals surface area (Å²) in [4.78, 5) is 22.0. The number of nitrogens with zero attached hydrogens (tertiary/aromatic N) is 2. The van der Waals surface area contributed by atoms with Crippen molar-refractivity contribution in [1.82, 2.24) is 15.3 Å². The number of hydrogen-bond acceptors (Lipinski definition) is 5. The maximum absolute atomic E-state index is 12.5. The Balaban J connectivity index is 1.65. The molecule has 1 unspecified atom stereocenters. The molecule has 3 rings (SSSR count). The molecule has 0 aliphatic carbocycles. The number of anilines is 1. The molecule has 1 heterocycles. The van der Waals surface area contributed by atoms with Gasteiger partial charge in [-0.3, -0.25) is 0 Å². The summed E-state index contributed by atoms with van der Waals surface area (Å²) in [5.74, 6) is 0.754. The highest BCUT2D eigenvalue weighted by Gasteiger charge is 2.15. The molecule has 0 saturated carbocycles. The summed E-state index contributed by atoms with van der Waals surface area (Å²) in [6, 6.07) is 13.1. The first-order chi connectivity index (χ1) is 14.0. The topological polar surface area (TPSA) is 76.1 Å². The van der Waals surface area contributed by atoms with E-state index < -0.39 is 0 Å². The van der Waals surface area contributed by atoms with Crippen LogP contribution in [0, 0.1) is 13.8 Å². The average Bonchev–Trinajstić information content (AvgIpc) is 2.70. The molecule has 0 spiro atoms. The first kappa shape index (κ1) is 20.7. The lowest BCUT2D eigenvalue weighted by Crippen LogP contribution is -2.31. The van der Waals surface area contributed by atoms with E-state index in [0.29, 0.717) is 5.16 Å². The molecule has 3 aromatic rings. The van der Waals surface area contributed by atoms with Crippen LogP contribution in [0.25, 0.3) is 0 Å². The van der Waals surface area contributed by atoms with Crippen molar-refractivity contribution in [2.45, 2.75) is 36.9 Å². The summed E-state index contributed by atoms with van der Waals surface area (Å²) in [7, 11) is 1.63. The van der Waals surface area contributed by atoms with E-state index in [-0.39, 0.29) is 12.1 Å². The van der Waals surface area contributed by atoms with Gasteiger partial charge in [0.2, 0.25) is 0 Å². The van der Waals surface area contributed by atoms with Crippen molar-refractivity contribution in [3.63, 3.8) is 0 Å². The van der Waals surface area contributed by atoms with Crippen molar-refractivity contribution in [2.75, 3.05) is 12.4 Å². The van der Waals surface area contributed by atoms with Crippen LogP contribution in [-0.2, 0) is 0 Å². The molecule has 2 N–H and O–H groups in total. The highest BCUT2D eigenvalue weighted by Crippen LogP contribution is 2.29. The summed E-state index contributed by atoms with van der Waals surface area (Å²) in [5.41, 5.74) is 3.77. The predicted octanol–water partition coefficient (Wildman–Crippen LogP) is 5.14. The van der Waals surface area contributed by atoms with Gasteiger partial charge in [-0.25, -0.2) is 14.8 Å². The molecule has 29 heavy (non-hydrogen) atoms. The quantitative estimate of drug-likeness (QED) is 0.553. The summed E-state index contributed by atoms with van der Waals surface area (Å²) in [6.45, 7) is 5.90. The Hall–Kier alpha value is -3.06. The molecule has 150 valence electrons. The van der Waals surface area contributed by atoms with E-state index in [1.54, 1.807) is 25.6 Å². The average molecular weight is 409 g/mol. The number of ether oxygens (including phenoxy) is 1. The van der Waals surface area contributed by atoms with Gasteiger partial charge in [-0.1, -0.05) is 17.7 Å². The zero-order valence-electron chi connectivity index (χ0n) is 16.9. The Morgan fingerprint density at radius 1 is 1.10 bits per heavy atom. The molecule has 0 fully saturated rings. The lowest BCUT2D eigenvalue weighted by Gasteiger charge is -2.19. The zero-order chi connectivity index (χ0) is 20.8. The Bertz CT molecular complexity index is 995. The number of nitrogens with one attached hydrogen (secondary N) is 2. The summed E-state index contributed by atoms with van der Waals surface area (Å²) in [5, 5.41) is 6.58. The Morgan fingerprint density at radius 2 is 1.86 bits per heavy atom. The molecule has 0 radical (unpaired) electrons. The fraction of sp³-hybridized carbons (Fsp3) is 0.227. The molecular formula is C22H24N4O2S. The van der Waals surface area contributed by atoms with Gasteiger partial charge in [-0.15, -0.1) is 0 Å². The van der Waals surface area contributed by atoms with Crippen LogP contribution < -0.4 is 15.4 Å². The van der Waals surface area contributed by atoms with Crippen LogP contribution in [0.5, 0.6) is 5.75 Å². The van der Waals surface area contributed by atoms with Gasteiger partial charge in [0.15, 0.2) is 5.16 Å². The molecule has 7 heteroatoms. The maximum atomic E-state index is 12.5. The first-order valence-electron chi connectivity index (χ1n) is 9.24. The number of amides is 2. The maximum Gasteiger partial charge on any atom is 0.319 e. The highest BCUT2D eigenvalue weighted by atomic mass is 32.2. The largest absolute Gasteiger partial charge is 0.496 e. The van der Waals surface area contributed by atoms with Crippen LogP contribution in [0.4, 0.5) is 10.5 Å². The second-order valence-corrected chi connectivity index (χ2v) is 7.72. The van der Waals surface area contributed by atoms with Gasteiger partial charge in [0.25, 0.3) is 0 Å². The highest BCUT2D eigenvalue weighted by molar-refractivity contribution is 7.99. The van der Waals surface area contributed by atoms with Crippen LogP contribution in [0.15, 0.2) is 64.9 Å². The molecule has 2 aromatic carbocycles. The summed E-state index contributed by atoms with van der Waals surface area (Å²) in [6.07, 6.45) is 3.43. The Labute approximate surface area is 175 Å². The molecular weight excluding hydrogens is 384 g/mol. The molecule has 0 saturated heterocycles. The minimum Gasteiger partial charge on any atom is -0.496 e. The van der Waals surface area contributed by atoms with Gasteiger partial charge in [-0.2, -0.15) is 0 Å². The third kappa shape index (κ3) is 5.48. The second kappa shape index (κ2) is 9.43.